The van der Waals surface area contributed by atoms with Gasteiger partial charge < -0.3 is 20.7 Å². The smallest absolute Gasteiger partial charge is 0.314 e. The van der Waals surface area contributed by atoms with Crippen LogP contribution in [0.25, 0.3) is 0 Å². The molecule has 1 aromatic rings. The van der Waals surface area contributed by atoms with Crippen molar-refractivity contribution in [2.24, 2.45) is 11.8 Å². The molecule has 1 fully saturated rings. The van der Waals surface area contributed by atoms with Crippen molar-refractivity contribution in [3.8, 4) is 0 Å². The summed E-state index contributed by atoms with van der Waals surface area (Å²) in [4.78, 5) is 29.7. The fraction of sp³-hybridized carbons (Fsp3) is 0.643. The molecule has 0 saturated heterocycles. The average molecular weight is 294 g/mol. The first-order chi connectivity index (χ1) is 10.2. The molecule has 1 saturated carbocycles. The van der Waals surface area contributed by atoms with Crippen LogP contribution in [0.2, 0.25) is 0 Å². The molecule has 0 bridgehead atoms. The zero-order valence-corrected chi connectivity index (χ0v) is 12.0. The average Bonchev–Trinajstić information content (AvgIpc) is 2.98. The van der Waals surface area contributed by atoms with Gasteiger partial charge in [0.05, 0.1) is 12.2 Å². The molecule has 1 aromatic heterocycles. The third-order valence-corrected chi connectivity index (χ3v) is 3.99. The lowest BCUT2D eigenvalue weighted by molar-refractivity contribution is -0.144. The number of imidazole rings is 1. The number of aliphatic carboxylic acids is 1. The molecule has 0 aliphatic heterocycles. The first-order valence-corrected chi connectivity index (χ1v) is 7.38. The highest BCUT2D eigenvalue weighted by Crippen LogP contribution is 2.29. The van der Waals surface area contributed by atoms with Crippen molar-refractivity contribution in [1.82, 2.24) is 20.6 Å². The zero-order chi connectivity index (χ0) is 15.1. The van der Waals surface area contributed by atoms with Gasteiger partial charge in [-0.05, 0) is 18.8 Å². The Morgan fingerprint density at radius 3 is 2.86 bits per heavy atom. The lowest BCUT2D eigenvalue weighted by atomic mass is 9.79. The Hall–Kier alpha value is -2.05. The minimum atomic E-state index is -0.749. The Labute approximate surface area is 123 Å². The van der Waals surface area contributed by atoms with Gasteiger partial charge >= 0.3 is 12.0 Å². The van der Waals surface area contributed by atoms with Gasteiger partial charge in [0, 0.05) is 31.4 Å². The molecule has 2 unspecified atom stereocenters. The lowest BCUT2D eigenvalue weighted by Gasteiger charge is -2.28. The van der Waals surface area contributed by atoms with Crippen molar-refractivity contribution >= 4 is 12.0 Å². The zero-order valence-electron chi connectivity index (χ0n) is 12.0. The molecule has 7 nitrogen and oxygen atoms in total. The van der Waals surface area contributed by atoms with E-state index in [-0.39, 0.29) is 17.9 Å². The van der Waals surface area contributed by atoms with E-state index in [2.05, 4.69) is 20.6 Å². The quantitative estimate of drug-likeness (QED) is 0.631. The molecular formula is C14H22N4O3. The molecule has 0 aromatic carbocycles. The van der Waals surface area contributed by atoms with E-state index in [1.165, 1.54) is 0 Å². The van der Waals surface area contributed by atoms with Gasteiger partial charge in [-0.15, -0.1) is 0 Å². The minimum absolute atomic E-state index is 0.0367. The molecule has 2 rings (SSSR count). The van der Waals surface area contributed by atoms with Crippen molar-refractivity contribution in [1.29, 1.82) is 0 Å². The summed E-state index contributed by atoms with van der Waals surface area (Å²) in [6.45, 7) is 0.938. The highest BCUT2D eigenvalue weighted by atomic mass is 16.4. The predicted octanol–water partition coefficient (Wildman–Crippen LogP) is 1.14. The summed E-state index contributed by atoms with van der Waals surface area (Å²) in [5.41, 5.74) is 0.966. The number of carbonyl (C=O) groups excluding carboxylic acids is 1. The molecule has 7 heteroatoms. The van der Waals surface area contributed by atoms with E-state index in [1.54, 1.807) is 12.5 Å². The van der Waals surface area contributed by atoms with E-state index in [1.807, 2.05) is 0 Å². The monoisotopic (exact) mass is 294 g/mol. The Morgan fingerprint density at radius 1 is 1.33 bits per heavy atom. The van der Waals surface area contributed by atoms with E-state index < -0.39 is 5.97 Å². The fourth-order valence-electron chi connectivity index (χ4n) is 2.80. The highest BCUT2D eigenvalue weighted by molar-refractivity contribution is 5.74. The first kappa shape index (κ1) is 15.3. The number of H-pyrrole nitrogens is 1. The van der Waals surface area contributed by atoms with Crippen molar-refractivity contribution in [3.05, 3.63) is 18.2 Å². The Morgan fingerprint density at radius 2 is 2.14 bits per heavy atom. The molecule has 1 aliphatic rings. The Balaban J connectivity index is 1.66. The van der Waals surface area contributed by atoms with Gasteiger partial charge in [0.2, 0.25) is 0 Å². The van der Waals surface area contributed by atoms with Crippen molar-refractivity contribution in [3.63, 3.8) is 0 Å². The molecule has 4 N–H and O–H groups in total. The van der Waals surface area contributed by atoms with Crippen LogP contribution in [0.15, 0.2) is 12.5 Å². The van der Waals surface area contributed by atoms with Gasteiger partial charge in [-0.3, -0.25) is 4.79 Å². The second kappa shape index (κ2) is 7.66. The number of nitrogens with one attached hydrogen (secondary N) is 3. The maximum Gasteiger partial charge on any atom is 0.314 e. The van der Waals surface area contributed by atoms with Crippen molar-refractivity contribution in [2.45, 2.75) is 32.1 Å². The molecule has 21 heavy (non-hydrogen) atoms. The second-order valence-corrected chi connectivity index (χ2v) is 5.45. The number of carboxylic acid groups (broad SMARTS) is 1. The standard InChI is InChI=1S/C14H22N4O3/c19-13(20)12-4-2-1-3-10(12)7-17-14(21)16-6-5-11-8-15-9-18-11/h8-10,12H,1-7H2,(H,15,18)(H,19,20)(H2,16,17,21). The molecule has 116 valence electrons. The van der Waals surface area contributed by atoms with Crippen LogP contribution in [0.4, 0.5) is 4.79 Å². The molecule has 1 aliphatic carbocycles. The number of carbonyl (C=O) groups is 2. The lowest BCUT2D eigenvalue weighted by Crippen LogP contribution is -2.42. The highest BCUT2D eigenvalue weighted by Gasteiger charge is 2.30. The number of aromatic nitrogens is 2. The SMILES string of the molecule is O=C(NCCc1cnc[nH]1)NCC1CCCCC1C(=O)O. The van der Waals surface area contributed by atoms with E-state index in [9.17, 15) is 14.7 Å². The Bertz CT molecular complexity index is 461. The summed E-state index contributed by atoms with van der Waals surface area (Å²) in [5.74, 6) is -1.04. The van der Waals surface area contributed by atoms with Crippen LogP contribution >= 0.6 is 0 Å². The van der Waals surface area contributed by atoms with Crippen LogP contribution in [-0.2, 0) is 11.2 Å². The van der Waals surface area contributed by atoms with Gasteiger partial charge in [-0.2, -0.15) is 0 Å². The van der Waals surface area contributed by atoms with E-state index in [0.29, 0.717) is 25.9 Å². The van der Waals surface area contributed by atoms with Crippen LogP contribution < -0.4 is 10.6 Å². The third kappa shape index (κ3) is 4.77. The van der Waals surface area contributed by atoms with Crippen molar-refractivity contribution < 1.29 is 14.7 Å². The van der Waals surface area contributed by atoms with Gasteiger partial charge in [0.25, 0.3) is 0 Å². The number of hydrogen-bond donors (Lipinski definition) is 4. The minimum Gasteiger partial charge on any atom is -0.481 e. The summed E-state index contributed by atoms with van der Waals surface area (Å²) in [6, 6.07) is -0.246. The number of rotatable bonds is 6. The Kier molecular flexibility index (Phi) is 5.59. The van der Waals surface area contributed by atoms with Crippen LogP contribution in [0.3, 0.4) is 0 Å². The van der Waals surface area contributed by atoms with Gasteiger partial charge in [0.15, 0.2) is 0 Å². The summed E-state index contributed by atoms with van der Waals surface area (Å²) < 4.78 is 0. The molecular weight excluding hydrogens is 272 g/mol. The number of aromatic amines is 1. The number of amides is 2. The van der Waals surface area contributed by atoms with Crippen LogP contribution in [0.5, 0.6) is 0 Å². The predicted molar refractivity (Wildman–Crippen MR) is 76.8 cm³/mol. The van der Waals surface area contributed by atoms with E-state index in [4.69, 9.17) is 0 Å². The van der Waals surface area contributed by atoms with Gasteiger partial charge in [-0.25, -0.2) is 9.78 Å². The van der Waals surface area contributed by atoms with E-state index in [0.717, 1.165) is 25.0 Å². The summed E-state index contributed by atoms with van der Waals surface area (Å²) >= 11 is 0. The van der Waals surface area contributed by atoms with Gasteiger partial charge in [-0.1, -0.05) is 12.8 Å². The summed E-state index contributed by atoms with van der Waals surface area (Å²) in [5, 5.41) is 14.7. The van der Waals surface area contributed by atoms with Crippen molar-refractivity contribution in [2.75, 3.05) is 13.1 Å². The largest absolute Gasteiger partial charge is 0.481 e. The number of hydrogen-bond acceptors (Lipinski definition) is 3. The number of nitrogens with zero attached hydrogens (tertiary/aromatic N) is 1. The van der Waals surface area contributed by atoms with E-state index >= 15 is 0 Å². The topological polar surface area (TPSA) is 107 Å². The second-order valence-electron chi connectivity index (χ2n) is 5.45. The number of urea groups is 1. The third-order valence-electron chi connectivity index (χ3n) is 3.99. The van der Waals surface area contributed by atoms with Gasteiger partial charge in [0.1, 0.15) is 0 Å². The van der Waals surface area contributed by atoms with Crippen LogP contribution in [0.1, 0.15) is 31.4 Å². The maximum absolute atomic E-state index is 11.7. The summed E-state index contributed by atoms with van der Waals surface area (Å²) in [7, 11) is 0. The molecule has 2 amide bonds. The normalized spacial score (nSPS) is 21.7. The van der Waals surface area contributed by atoms with Crippen LogP contribution in [-0.4, -0.2) is 40.2 Å². The number of carboxylic acids is 1. The van der Waals surface area contributed by atoms with Crippen LogP contribution in [0, 0.1) is 11.8 Å². The molecule has 2 atom stereocenters. The first-order valence-electron chi connectivity index (χ1n) is 7.38. The maximum atomic E-state index is 11.7. The molecule has 0 radical (unpaired) electrons. The fourth-order valence-corrected chi connectivity index (χ4v) is 2.80. The summed E-state index contributed by atoms with van der Waals surface area (Å²) in [6.07, 6.45) is 7.59. The molecule has 1 heterocycles. The molecule has 0 spiro atoms.